The molecule has 0 fully saturated rings. The average Bonchev–Trinajstić information content (AvgIpc) is 2.17. The number of methoxy groups -OCH3 is 1. The van der Waals surface area contributed by atoms with E-state index in [0.29, 0.717) is 12.1 Å². The molecule has 1 aromatic carbocycles. The fraction of sp³-hybridized carbons (Fsp3) is 0.111. The van der Waals surface area contributed by atoms with Gasteiger partial charge >= 0.3 is 5.97 Å². The summed E-state index contributed by atoms with van der Waals surface area (Å²) in [4.78, 5) is 21.1. The molecule has 2 N–H and O–H groups in total. The standard InChI is InChI=1S/C9H9NO4/c1-14-9(13)7-3-2-6(10-5-11)4-8(7)12/h2-5,12H,1H3,(H,10,11). The van der Waals surface area contributed by atoms with Crippen LogP contribution in [0.5, 0.6) is 5.75 Å². The normalized spacial score (nSPS) is 9.21. The van der Waals surface area contributed by atoms with E-state index in [-0.39, 0.29) is 11.3 Å². The molecule has 0 bridgehead atoms. The highest BCUT2D eigenvalue weighted by Gasteiger charge is 2.10. The Balaban J connectivity index is 3.00. The molecule has 0 aliphatic carbocycles. The number of hydrogen-bond acceptors (Lipinski definition) is 4. The zero-order valence-corrected chi connectivity index (χ0v) is 7.48. The molecule has 1 aromatic rings. The summed E-state index contributed by atoms with van der Waals surface area (Å²) in [6, 6.07) is 4.12. The highest BCUT2D eigenvalue weighted by molar-refractivity contribution is 5.93. The molecule has 5 nitrogen and oxygen atoms in total. The first kappa shape index (κ1) is 10.0. The molecular formula is C9H9NO4. The number of phenols is 1. The molecule has 0 aliphatic heterocycles. The fourth-order valence-electron chi connectivity index (χ4n) is 0.972. The number of nitrogens with one attached hydrogen (secondary N) is 1. The lowest BCUT2D eigenvalue weighted by atomic mass is 10.2. The van der Waals surface area contributed by atoms with Crippen molar-refractivity contribution in [2.24, 2.45) is 0 Å². The Morgan fingerprint density at radius 1 is 1.57 bits per heavy atom. The van der Waals surface area contributed by atoms with Crippen LogP contribution in [0.4, 0.5) is 5.69 Å². The minimum Gasteiger partial charge on any atom is -0.507 e. The van der Waals surface area contributed by atoms with Crippen molar-refractivity contribution in [1.29, 1.82) is 0 Å². The van der Waals surface area contributed by atoms with Gasteiger partial charge in [-0.25, -0.2) is 4.79 Å². The molecule has 1 amide bonds. The molecule has 0 aromatic heterocycles. The van der Waals surface area contributed by atoms with Gasteiger partial charge in [0.1, 0.15) is 11.3 Å². The van der Waals surface area contributed by atoms with Gasteiger partial charge in [-0.1, -0.05) is 0 Å². The minimum absolute atomic E-state index is 0.0592. The van der Waals surface area contributed by atoms with Crippen molar-refractivity contribution >= 4 is 18.1 Å². The van der Waals surface area contributed by atoms with Crippen molar-refractivity contribution < 1.29 is 19.4 Å². The highest BCUT2D eigenvalue weighted by Crippen LogP contribution is 2.22. The molecule has 74 valence electrons. The van der Waals surface area contributed by atoms with Crippen LogP contribution in [0.2, 0.25) is 0 Å². The van der Waals surface area contributed by atoms with Crippen LogP contribution in [0.25, 0.3) is 0 Å². The number of anilines is 1. The van der Waals surface area contributed by atoms with E-state index in [1.807, 2.05) is 0 Å². The highest BCUT2D eigenvalue weighted by atomic mass is 16.5. The van der Waals surface area contributed by atoms with E-state index in [9.17, 15) is 14.7 Å². The van der Waals surface area contributed by atoms with Gasteiger partial charge in [0, 0.05) is 11.8 Å². The molecule has 0 saturated carbocycles. The monoisotopic (exact) mass is 195 g/mol. The van der Waals surface area contributed by atoms with Crippen molar-refractivity contribution in [3.8, 4) is 5.75 Å². The Hall–Kier alpha value is -2.04. The first-order chi connectivity index (χ1) is 6.69. The summed E-state index contributed by atoms with van der Waals surface area (Å²) in [5.41, 5.74) is 0.467. The molecule has 5 heteroatoms. The number of phenolic OH excluding ortho intramolecular Hbond substituents is 1. The van der Waals surface area contributed by atoms with Crippen LogP contribution in [0, 0.1) is 0 Å². The third-order valence-electron chi connectivity index (χ3n) is 1.63. The number of carbonyl (C=O) groups excluding carboxylic acids is 2. The average molecular weight is 195 g/mol. The van der Waals surface area contributed by atoms with E-state index in [1.165, 1.54) is 25.3 Å². The number of amides is 1. The number of rotatable bonds is 3. The van der Waals surface area contributed by atoms with Gasteiger partial charge in [0.15, 0.2) is 0 Å². The van der Waals surface area contributed by atoms with Crippen LogP contribution in [-0.2, 0) is 9.53 Å². The van der Waals surface area contributed by atoms with Crippen molar-refractivity contribution in [3.05, 3.63) is 23.8 Å². The van der Waals surface area contributed by atoms with E-state index >= 15 is 0 Å². The third-order valence-corrected chi connectivity index (χ3v) is 1.63. The molecule has 0 radical (unpaired) electrons. The summed E-state index contributed by atoms with van der Waals surface area (Å²) in [6.07, 6.45) is 0.479. The van der Waals surface area contributed by atoms with E-state index in [1.54, 1.807) is 0 Å². The van der Waals surface area contributed by atoms with Crippen molar-refractivity contribution in [3.63, 3.8) is 0 Å². The number of carbonyl (C=O) groups is 2. The summed E-state index contributed by atoms with van der Waals surface area (Å²) >= 11 is 0. The predicted molar refractivity (Wildman–Crippen MR) is 49.1 cm³/mol. The van der Waals surface area contributed by atoms with Crippen LogP contribution in [0.1, 0.15) is 10.4 Å². The van der Waals surface area contributed by atoms with E-state index in [4.69, 9.17) is 0 Å². The summed E-state index contributed by atoms with van der Waals surface area (Å²) < 4.78 is 4.43. The molecule has 1 rings (SSSR count). The topological polar surface area (TPSA) is 75.6 Å². The Kier molecular flexibility index (Phi) is 3.06. The van der Waals surface area contributed by atoms with Crippen LogP contribution in [0.3, 0.4) is 0 Å². The second-order valence-corrected chi connectivity index (χ2v) is 2.49. The maximum atomic E-state index is 11.0. The van der Waals surface area contributed by atoms with Gasteiger partial charge in [-0.05, 0) is 12.1 Å². The van der Waals surface area contributed by atoms with Gasteiger partial charge in [0.2, 0.25) is 6.41 Å². The lowest BCUT2D eigenvalue weighted by Gasteiger charge is -2.04. The molecule has 0 atom stereocenters. The van der Waals surface area contributed by atoms with Crippen LogP contribution < -0.4 is 5.32 Å². The largest absolute Gasteiger partial charge is 0.507 e. The van der Waals surface area contributed by atoms with Crippen LogP contribution >= 0.6 is 0 Å². The second kappa shape index (κ2) is 4.27. The number of ether oxygens (including phenoxy) is 1. The SMILES string of the molecule is COC(=O)c1ccc(NC=O)cc1O. The number of hydrogen-bond donors (Lipinski definition) is 2. The number of benzene rings is 1. The number of esters is 1. The lowest BCUT2D eigenvalue weighted by molar-refractivity contribution is -0.105. The molecule has 0 saturated heterocycles. The Bertz CT molecular complexity index is 362. The van der Waals surface area contributed by atoms with Gasteiger partial charge in [0.05, 0.1) is 7.11 Å². The van der Waals surface area contributed by atoms with Crippen molar-refractivity contribution in [2.45, 2.75) is 0 Å². The van der Waals surface area contributed by atoms with Gasteiger partial charge in [-0.3, -0.25) is 4.79 Å². The summed E-state index contributed by atoms with van der Waals surface area (Å²) in [6.45, 7) is 0. The van der Waals surface area contributed by atoms with Gasteiger partial charge in [-0.2, -0.15) is 0 Å². The molecule has 14 heavy (non-hydrogen) atoms. The second-order valence-electron chi connectivity index (χ2n) is 2.49. The first-order valence-corrected chi connectivity index (χ1v) is 3.80. The molecule has 0 heterocycles. The van der Waals surface area contributed by atoms with Gasteiger partial charge < -0.3 is 15.2 Å². The molecular weight excluding hydrogens is 186 g/mol. The van der Waals surface area contributed by atoms with E-state index < -0.39 is 5.97 Å². The summed E-state index contributed by atoms with van der Waals surface area (Å²) in [7, 11) is 1.22. The van der Waals surface area contributed by atoms with Crippen LogP contribution in [-0.4, -0.2) is 24.6 Å². The summed E-state index contributed by atoms with van der Waals surface area (Å²) in [5, 5.41) is 11.7. The van der Waals surface area contributed by atoms with Crippen LogP contribution in [0.15, 0.2) is 18.2 Å². The third kappa shape index (κ3) is 2.01. The van der Waals surface area contributed by atoms with E-state index in [0.717, 1.165) is 0 Å². The smallest absolute Gasteiger partial charge is 0.341 e. The van der Waals surface area contributed by atoms with Crippen molar-refractivity contribution in [1.82, 2.24) is 0 Å². The van der Waals surface area contributed by atoms with Gasteiger partial charge in [0.25, 0.3) is 0 Å². The maximum Gasteiger partial charge on any atom is 0.341 e. The summed E-state index contributed by atoms with van der Waals surface area (Å²) in [5.74, 6) is -0.858. The Morgan fingerprint density at radius 3 is 2.79 bits per heavy atom. The molecule has 0 unspecified atom stereocenters. The minimum atomic E-state index is -0.625. The number of aromatic hydroxyl groups is 1. The zero-order valence-electron chi connectivity index (χ0n) is 7.48. The first-order valence-electron chi connectivity index (χ1n) is 3.80. The zero-order chi connectivity index (χ0) is 10.6. The quantitative estimate of drug-likeness (QED) is 0.551. The fourth-order valence-corrected chi connectivity index (χ4v) is 0.972. The Morgan fingerprint density at radius 2 is 2.29 bits per heavy atom. The van der Waals surface area contributed by atoms with E-state index in [2.05, 4.69) is 10.1 Å². The van der Waals surface area contributed by atoms with Crippen molar-refractivity contribution in [2.75, 3.05) is 12.4 Å². The van der Waals surface area contributed by atoms with Gasteiger partial charge in [-0.15, -0.1) is 0 Å². The maximum absolute atomic E-state index is 11.0. The Labute approximate surface area is 80.3 Å². The molecule has 0 aliphatic rings. The molecule has 0 spiro atoms. The lowest BCUT2D eigenvalue weighted by Crippen LogP contribution is -2.02. The predicted octanol–water partition coefficient (Wildman–Crippen LogP) is 0.747.